The average Bonchev–Trinajstić information content (AvgIpc) is 2.62. The van der Waals surface area contributed by atoms with Crippen LogP contribution in [-0.2, 0) is 14.3 Å². The Morgan fingerprint density at radius 3 is 2.56 bits per heavy atom. The highest BCUT2D eigenvalue weighted by Crippen LogP contribution is 2.63. The molecule has 0 amide bonds. The number of fused-ring (bicyclic) bond motifs is 2. The first-order valence-electron chi connectivity index (χ1n) is 6.11. The summed E-state index contributed by atoms with van der Waals surface area (Å²) in [6.07, 6.45) is 4.03. The maximum absolute atomic E-state index is 10.7. The van der Waals surface area contributed by atoms with Crippen molar-refractivity contribution in [2.45, 2.75) is 53.1 Å². The minimum atomic E-state index is -0.272. The predicted molar refractivity (Wildman–Crippen MR) is 60.7 cm³/mol. The fourth-order valence-electron chi connectivity index (χ4n) is 3.86. The summed E-state index contributed by atoms with van der Waals surface area (Å²) in [5.74, 6) is 0.492. The SMILES string of the molecule is CC(=O)OCOC1C2(C)CCC(C2)C1(C)C. The van der Waals surface area contributed by atoms with Gasteiger partial charge in [0.05, 0.1) is 6.10 Å². The fourth-order valence-corrected chi connectivity index (χ4v) is 3.86. The molecule has 0 spiro atoms. The average molecular weight is 226 g/mol. The molecule has 0 heterocycles. The monoisotopic (exact) mass is 226 g/mol. The summed E-state index contributed by atoms with van der Waals surface area (Å²) in [7, 11) is 0. The minimum absolute atomic E-state index is 0.103. The Balaban J connectivity index is 2.00. The van der Waals surface area contributed by atoms with Crippen molar-refractivity contribution in [2.75, 3.05) is 6.79 Å². The van der Waals surface area contributed by atoms with Crippen LogP contribution in [0.3, 0.4) is 0 Å². The van der Waals surface area contributed by atoms with Gasteiger partial charge in [-0.15, -0.1) is 0 Å². The van der Waals surface area contributed by atoms with Crippen LogP contribution in [0, 0.1) is 16.7 Å². The van der Waals surface area contributed by atoms with Gasteiger partial charge in [0.25, 0.3) is 0 Å². The molecule has 0 aromatic rings. The first-order chi connectivity index (χ1) is 7.36. The third-order valence-electron chi connectivity index (χ3n) is 4.63. The maximum Gasteiger partial charge on any atom is 0.304 e. The van der Waals surface area contributed by atoms with E-state index >= 15 is 0 Å². The van der Waals surface area contributed by atoms with Crippen LogP contribution in [0.5, 0.6) is 0 Å². The summed E-state index contributed by atoms with van der Waals surface area (Å²) in [6, 6.07) is 0. The van der Waals surface area contributed by atoms with Crippen molar-refractivity contribution in [1.82, 2.24) is 0 Å². The van der Waals surface area contributed by atoms with Gasteiger partial charge in [-0.3, -0.25) is 4.79 Å². The molecule has 0 N–H and O–H groups in total. The second-order valence-corrected chi connectivity index (χ2v) is 6.22. The zero-order chi connectivity index (χ0) is 12.0. The number of hydrogen-bond acceptors (Lipinski definition) is 3. The lowest BCUT2D eigenvalue weighted by Crippen LogP contribution is -2.42. The highest BCUT2D eigenvalue weighted by atomic mass is 16.7. The lowest BCUT2D eigenvalue weighted by molar-refractivity contribution is -0.177. The predicted octanol–water partition coefficient (Wildman–Crippen LogP) is 2.74. The Bertz CT molecular complexity index is 293. The molecule has 2 aliphatic rings. The Morgan fingerprint density at radius 2 is 2.06 bits per heavy atom. The van der Waals surface area contributed by atoms with Crippen LogP contribution >= 0.6 is 0 Å². The fraction of sp³-hybridized carbons (Fsp3) is 0.923. The molecule has 0 saturated heterocycles. The molecule has 2 rings (SSSR count). The molecule has 2 saturated carbocycles. The molecule has 2 bridgehead atoms. The van der Waals surface area contributed by atoms with Gasteiger partial charge in [-0.25, -0.2) is 0 Å². The van der Waals surface area contributed by atoms with E-state index in [-0.39, 0.29) is 29.7 Å². The van der Waals surface area contributed by atoms with Crippen molar-refractivity contribution in [1.29, 1.82) is 0 Å². The smallest absolute Gasteiger partial charge is 0.304 e. The molecule has 92 valence electrons. The number of ether oxygens (including phenoxy) is 2. The molecular weight excluding hydrogens is 204 g/mol. The van der Waals surface area contributed by atoms with E-state index in [1.54, 1.807) is 0 Å². The molecule has 2 fully saturated rings. The summed E-state index contributed by atoms with van der Waals surface area (Å²) in [5.41, 5.74) is 0.501. The van der Waals surface area contributed by atoms with Crippen LogP contribution in [0.1, 0.15) is 47.0 Å². The van der Waals surface area contributed by atoms with E-state index in [9.17, 15) is 4.79 Å². The zero-order valence-electron chi connectivity index (χ0n) is 10.7. The number of esters is 1. The van der Waals surface area contributed by atoms with Gasteiger partial charge in [0, 0.05) is 6.92 Å². The molecular formula is C13H22O3. The molecule has 0 aromatic heterocycles. The largest absolute Gasteiger partial charge is 0.439 e. The van der Waals surface area contributed by atoms with Crippen LogP contribution in [0.15, 0.2) is 0 Å². The van der Waals surface area contributed by atoms with E-state index in [0.717, 1.165) is 5.92 Å². The molecule has 3 nitrogen and oxygen atoms in total. The van der Waals surface area contributed by atoms with Gasteiger partial charge in [-0.05, 0) is 36.0 Å². The second-order valence-electron chi connectivity index (χ2n) is 6.22. The van der Waals surface area contributed by atoms with E-state index in [0.29, 0.717) is 0 Å². The second kappa shape index (κ2) is 3.73. The Hall–Kier alpha value is -0.570. The number of carbonyl (C=O) groups is 1. The van der Waals surface area contributed by atoms with Crippen molar-refractivity contribution < 1.29 is 14.3 Å². The summed E-state index contributed by atoms with van der Waals surface area (Å²) in [4.78, 5) is 10.7. The third-order valence-corrected chi connectivity index (χ3v) is 4.63. The topological polar surface area (TPSA) is 35.5 Å². The highest BCUT2D eigenvalue weighted by Gasteiger charge is 2.60. The van der Waals surface area contributed by atoms with E-state index < -0.39 is 0 Å². The van der Waals surface area contributed by atoms with Crippen LogP contribution in [0.2, 0.25) is 0 Å². The van der Waals surface area contributed by atoms with Gasteiger partial charge in [-0.1, -0.05) is 20.8 Å². The van der Waals surface area contributed by atoms with E-state index in [1.165, 1.54) is 26.2 Å². The van der Waals surface area contributed by atoms with Crippen molar-refractivity contribution >= 4 is 5.97 Å². The van der Waals surface area contributed by atoms with Crippen molar-refractivity contribution in [3.05, 3.63) is 0 Å². The van der Waals surface area contributed by atoms with Gasteiger partial charge in [0.2, 0.25) is 0 Å². The van der Waals surface area contributed by atoms with Crippen LogP contribution in [0.25, 0.3) is 0 Å². The van der Waals surface area contributed by atoms with E-state index in [4.69, 9.17) is 9.47 Å². The maximum atomic E-state index is 10.7. The van der Waals surface area contributed by atoms with Crippen LogP contribution < -0.4 is 0 Å². The zero-order valence-corrected chi connectivity index (χ0v) is 10.7. The lowest BCUT2D eigenvalue weighted by Gasteiger charge is -2.41. The molecule has 2 aliphatic carbocycles. The standard InChI is InChI=1S/C13H22O3/c1-9(14)15-8-16-11-12(2,3)10-5-6-13(11,4)7-10/h10-11H,5-8H2,1-4H3. The first-order valence-corrected chi connectivity index (χ1v) is 6.11. The van der Waals surface area contributed by atoms with Crippen molar-refractivity contribution in [3.63, 3.8) is 0 Å². The normalized spacial score (nSPS) is 40.0. The van der Waals surface area contributed by atoms with Crippen LogP contribution in [-0.4, -0.2) is 18.9 Å². The summed E-state index contributed by atoms with van der Waals surface area (Å²) >= 11 is 0. The molecule has 0 aromatic carbocycles. The molecule has 3 heteroatoms. The number of rotatable bonds is 3. The number of carbonyl (C=O) groups excluding carboxylic acids is 1. The Labute approximate surface area is 97.5 Å². The summed E-state index contributed by atoms with van der Waals surface area (Å²) < 4.78 is 10.7. The third kappa shape index (κ3) is 1.75. The van der Waals surface area contributed by atoms with E-state index in [1.807, 2.05) is 0 Å². The Morgan fingerprint density at radius 1 is 1.38 bits per heavy atom. The number of hydrogen-bond donors (Lipinski definition) is 0. The molecule has 0 radical (unpaired) electrons. The van der Waals surface area contributed by atoms with Gasteiger partial charge < -0.3 is 9.47 Å². The summed E-state index contributed by atoms with van der Waals surface area (Å²) in [5, 5.41) is 0. The van der Waals surface area contributed by atoms with Gasteiger partial charge >= 0.3 is 5.97 Å². The van der Waals surface area contributed by atoms with Gasteiger partial charge in [0.1, 0.15) is 0 Å². The van der Waals surface area contributed by atoms with E-state index in [2.05, 4.69) is 20.8 Å². The van der Waals surface area contributed by atoms with Gasteiger partial charge in [0.15, 0.2) is 6.79 Å². The molecule has 0 aliphatic heterocycles. The summed E-state index contributed by atoms with van der Waals surface area (Å²) in [6.45, 7) is 8.38. The van der Waals surface area contributed by atoms with Crippen molar-refractivity contribution in [2.24, 2.45) is 16.7 Å². The van der Waals surface area contributed by atoms with Crippen LogP contribution in [0.4, 0.5) is 0 Å². The van der Waals surface area contributed by atoms with Crippen molar-refractivity contribution in [3.8, 4) is 0 Å². The molecule has 3 unspecified atom stereocenters. The Kier molecular flexibility index (Phi) is 2.77. The minimum Gasteiger partial charge on any atom is -0.439 e. The van der Waals surface area contributed by atoms with Gasteiger partial charge in [-0.2, -0.15) is 0 Å². The molecule has 3 atom stereocenters. The lowest BCUT2D eigenvalue weighted by atomic mass is 9.70. The quantitative estimate of drug-likeness (QED) is 0.548. The highest BCUT2D eigenvalue weighted by molar-refractivity contribution is 5.65. The molecule has 16 heavy (non-hydrogen) atoms. The first kappa shape index (κ1) is 11.9.